The van der Waals surface area contributed by atoms with Crippen LogP contribution in [0.15, 0.2) is 24.3 Å². The summed E-state index contributed by atoms with van der Waals surface area (Å²) in [6.07, 6.45) is 2.22. The first-order valence-corrected chi connectivity index (χ1v) is 5.96. The van der Waals surface area contributed by atoms with E-state index in [2.05, 4.69) is 12.2 Å². The van der Waals surface area contributed by atoms with E-state index in [4.69, 9.17) is 10.5 Å². The van der Waals surface area contributed by atoms with Crippen molar-refractivity contribution in [3.05, 3.63) is 24.3 Å². The monoisotopic (exact) mass is 234 g/mol. The van der Waals surface area contributed by atoms with Crippen LogP contribution in [0.4, 0.5) is 5.69 Å². The normalized spacial score (nSPS) is 21.9. The maximum absolute atomic E-state index is 11.5. The van der Waals surface area contributed by atoms with E-state index in [9.17, 15) is 4.79 Å². The van der Waals surface area contributed by atoms with E-state index in [1.807, 2.05) is 0 Å². The van der Waals surface area contributed by atoms with Gasteiger partial charge in [0.1, 0.15) is 5.75 Å². The van der Waals surface area contributed by atoms with Gasteiger partial charge in [-0.1, -0.05) is 19.4 Å². The topological polar surface area (TPSA) is 64.3 Å². The maximum Gasteiger partial charge on any atom is 0.258 e. The molecule has 4 heteroatoms. The summed E-state index contributed by atoms with van der Waals surface area (Å²) in [6.45, 7) is 2.19. The molecule has 1 saturated carbocycles. The van der Waals surface area contributed by atoms with Gasteiger partial charge >= 0.3 is 0 Å². The summed E-state index contributed by atoms with van der Waals surface area (Å²) in [5.41, 5.74) is 6.25. The molecule has 2 rings (SSSR count). The van der Waals surface area contributed by atoms with Crippen LogP contribution in [-0.2, 0) is 4.79 Å². The fourth-order valence-electron chi connectivity index (χ4n) is 1.88. The number of carbonyl (C=O) groups excluding carboxylic acids is 1. The third-order valence-electron chi connectivity index (χ3n) is 3.02. The van der Waals surface area contributed by atoms with Crippen LogP contribution in [0.25, 0.3) is 0 Å². The minimum absolute atomic E-state index is 0.0520. The lowest BCUT2D eigenvalue weighted by molar-refractivity contribution is -0.123. The molecule has 3 N–H and O–H groups in total. The van der Waals surface area contributed by atoms with Gasteiger partial charge in [-0.2, -0.15) is 0 Å². The molecule has 0 heterocycles. The Bertz CT molecular complexity index is 406. The van der Waals surface area contributed by atoms with Crippen LogP contribution in [0.3, 0.4) is 0 Å². The van der Waals surface area contributed by atoms with Crippen molar-refractivity contribution in [3.8, 4) is 5.75 Å². The number of nitrogens with two attached hydrogens (primary N) is 1. The first-order valence-electron chi connectivity index (χ1n) is 5.96. The van der Waals surface area contributed by atoms with Gasteiger partial charge in [0, 0.05) is 17.8 Å². The molecule has 17 heavy (non-hydrogen) atoms. The van der Waals surface area contributed by atoms with E-state index in [0.29, 0.717) is 23.4 Å². The van der Waals surface area contributed by atoms with E-state index >= 15 is 0 Å². The van der Waals surface area contributed by atoms with E-state index in [1.54, 1.807) is 24.3 Å². The number of amides is 1. The second-order valence-electron chi connectivity index (χ2n) is 4.44. The predicted molar refractivity (Wildman–Crippen MR) is 66.7 cm³/mol. The molecular weight excluding hydrogens is 216 g/mol. The van der Waals surface area contributed by atoms with Gasteiger partial charge in [0.25, 0.3) is 5.91 Å². The lowest BCUT2D eigenvalue weighted by Gasteiger charge is -2.07. The second kappa shape index (κ2) is 5.08. The zero-order chi connectivity index (χ0) is 12.3. The lowest BCUT2D eigenvalue weighted by Crippen LogP contribution is -2.31. The Labute approximate surface area is 101 Å². The molecule has 1 aromatic carbocycles. The highest BCUT2D eigenvalue weighted by Crippen LogP contribution is 2.32. The Morgan fingerprint density at radius 2 is 2.41 bits per heavy atom. The largest absolute Gasteiger partial charge is 0.484 e. The second-order valence-corrected chi connectivity index (χ2v) is 4.44. The average Bonchev–Trinajstić information content (AvgIpc) is 3.05. The van der Waals surface area contributed by atoms with Crippen LogP contribution in [0.5, 0.6) is 5.75 Å². The molecule has 0 bridgehead atoms. The summed E-state index contributed by atoms with van der Waals surface area (Å²) >= 11 is 0. The van der Waals surface area contributed by atoms with Crippen molar-refractivity contribution in [3.63, 3.8) is 0 Å². The number of ether oxygens (including phenoxy) is 1. The van der Waals surface area contributed by atoms with Crippen molar-refractivity contribution in [2.45, 2.75) is 25.8 Å². The van der Waals surface area contributed by atoms with Crippen LogP contribution in [0.1, 0.15) is 19.8 Å². The number of carbonyl (C=O) groups is 1. The van der Waals surface area contributed by atoms with Gasteiger partial charge in [-0.15, -0.1) is 0 Å². The Morgan fingerprint density at radius 3 is 3.06 bits per heavy atom. The van der Waals surface area contributed by atoms with E-state index in [-0.39, 0.29) is 12.5 Å². The fourth-order valence-corrected chi connectivity index (χ4v) is 1.88. The summed E-state index contributed by atoms with van der Waals surface area (Å²) in [4.78, 5) is 11.5. The minimum Gasteiger partial charge on any atom is -0.484 e. The molecular formula is C13H18N2O2. The summed E-state index contributed by atoms with van der Waals surface area (Å²) in [7, 11) is 0. The third kappa shape index (κ3) is 3.37. The van der Waals surface area contributed by atoms with Crippen molar-refractivity contribution in [1.82, 2.24) is 5.32 Å². The highest BCUT2D eigenvalue weighted by molar-refractivity contribution is 5.78. The number of nitrogen functional groups attached to an aromatic ring is 1. The zero-order valence-corrected chi connectivity index (χ0v) is 9.98. The van der Waals surface area contributed by atoms with Crippen molar-refractivity contribution >= 4 is 11.6 Å². The first-order chi connectivity index (χ1) is 8.19. The molecule has 92 valence electrons. The summed E-state index contributed by atoms with van der Waals surface area (Å²) in [5, 5.41) is 2.94. The van der Waals surface area contributed by atoms with Crippen LogP contribution in [0.2, 0.25) is 0 Å². The smallest absolute Gasteiger partial charge is 0.258 e. The molecule has 0 radical (unpaired) electrons. The van der Waals surface area contributed by atoms with Crippen molar-refractivity contribution in [1.29, 1.82) is 0 Å². The van der Waals surface area contributed by atoms with Crippen LogP contribution in [0, 0.1) is 5.92 Å². The highest BCUT2D eigenvalue weighted by Gasteiger charge is 2.36. The van der Waals surface area contributed by atoms with Gasteiger partial charge in [-0.25, -0.2) is 0 Å². The zero-order valence-electron chi connectivity index (χ0n) is 9.98. The van der Waals surface area contributed by atoms with Gasteiger partial charge < -0.3 is 15.8 Å². The Hall–Kier alpha value is -1.71. The van der Waals surface area contributed by atoms with Crippen molar-refractivity contribution < 1.29 is 9.53 Å². The molecule has 2 unspecified atom stereocenters. The molecule has 0 spiro atoms. The molecule has 1 amide bonds. The Balaban J connectivity index is 1.73. The fraction of sp³-hybridized carbons (Fsp3) is 0.462. The molecule has 1 aromatic rings. The maximum atomic E-state index is 11.5. The summed E-state index contributed by atoms with van der Waals surface area (Å²) in [5.74, 6) is 1.22. The molecule has 1 aliphatic rings. The van der Waals surface area contributed by atoms with E-state index < -0.39 is 0 Å². The lowest BCUT2D eigenvalue weighted by atomic mass is 10.3. The third-order valence-corrected chi connectivity index (χ3v) is 3.02. The first kappa shape index (κ1) is 11.8. The standard InChI is InChI=1S/C13H18N2O2/c1-2-9-6-12(9)15-13(16)8-17-11-5-3-4-10(14)7-11/h3-5,7,9,12H,2,6,8,14H2,1H3,(H,15,16). The number of hydrogen-bond acceptors (Lipinski definition) is 3. The highest BCUT2D eigenvalue weighted by atomic mass is 16.5. The summed E-state index contributed by atoms with van der Waals surface area (Å²) < 4.78 is 5.35. The van der Waals surface area contributed by atoms with Gasteiger partial charge in [-0.3, -0.25) is 4.79 Å². The number of rotatable bonds is 5. The SMILES string of the molecule is CCC1CC1NC(=O)COc1cccc(N)c1. The molecule has 0 saturated heterocycles. The van der Waals surface area contributed by atoms with E-state index in [1.165, 1.54) is 0 Å². The predicted octanol–water partition coefficient (Wildman–Crippen LogP) is 1.56. The van der Waals surface area contributed by atoms with Crippen LogP contribution < -0.4 is 15.8 Å². The summed E-state index contributed by atoms with van der Waals surface area (Å²) in [6, 6.07) is 7.44. The number of anilines is 1. The molecule has 0 aliphatic heterocycles. The number of nitrogens with one attached hydrogen (secondary N) is 1. The van der Waals surface area contributed by atoms with Gasteiger partial charge in [0.15, 0.2) is 6.61 Å². The van der Waals surface area contributed by atoms with E-state index in [0.717, 1.165) is 12.8 Å². The molecule has 4 nitrogen and oxygen atoms in total. The average molecular weight is 234 g/mol. The van der Waals surface area contributed by atoms with Gasteiger partial charge in [0.2, 0.25) is 0 Å². The van der Waals surface area contributed by atoms with Crippen LogP contribution >= 0.6 is 0 Å². The van der Waals surface area contributed by atoms with Crippen LogP contribution in [-0.4, -0.2) is 18.6 Å². The molecule has 0 aromatic heterocycles. The van der Waals surface area contributed by atoms with Gasteiger partial charge in [0.05, 0.1) is 0 Å². The Morgan fingerprint density at radius 1 is 1.59 bits per heavy atom. The molecule has 1 aliphatic carbocycles. The number of hydrogen-bond donors (Lipinski definition) is 2. The van der Waals surface area contributed by atoms with Crippen molar-refractivity contribution in [2.24, 2.45) is 5.92 Å². The molecule has 2 atom stereocenters. The number of benzene rings is 1. The minimum atomic E-state index is -0.0617. The van der Waals surface area contributed by atoms with Crippen molar-refractivity contribution in [2.75, 3.05) is 12.3 Å². The quantitative estimate of drug-likeness (QED) is 0.760. The van der Waals surface area contributed by atoms with Gasteiger partial charge in [-0.05, 0) is 24.5 Å². The Kier molecular flexibility index (Phi) is 3.52. The molecule has 1 fully saturated rings.